The highest BCUT2D eigenvalue weighted by Crippen LogP contribution is 2.32. The average molecular weight is 177 g/mol. The van der Waals surface area contributed by atoms with Gasteiger partial charge in [0.1, 0.15) is 6.23 Å². The molecular weight excluding hydrogens is 162 g/mol. The molecule has 0 aromatic heterocycles. The molecule has 0 spiro atoms. The monoisotopic (exact) mass is 177 g/mol. The van der Waals surface area contributed by atoms with Gasteiger partial charge >= 0.3 is 0 Å². The third kappa shape index (κ3) is 1.36. The van der Waals surface area contributed by atoms with Gasteiger partial charge in [-0.15, -0.1) is 0 Å². The van der Waals surface area contributed by atoms with E-state index in [1.54, 1.807) is 0 Å². The lowest BCUT2D eigenvalue weighted by molar-refractivity contribution is 0.117. The van der Waals surface area contributed by atoms with Crippen LogP contribution in [0.25, 0.3) is 0 Å². The summed E-state index contributed by atoms with van der Waals surface area (Å²) in [7, 11) is 0. The molecule has 1 heterocycles. The van der Waals surface area contributed by atoms with Gasteiger partial charge in [-0.2, -0.15) is 0 Å². The minimum atomic E-state index is -0.496. The maximum Gasteiger partial charge on any atom is 0.131 e. The van der Waals surface area contributed by atoms with Crippen molar-refractivity contribution >= 4 is 0 Å². The first-order valence-corrected chi connectivity index (χ1v) is 4.62. The fourth-order valence-electron chi connectivity index (χ4n) is 1.91. The van der Waals surface area contributed by atoms with Crippen LogP contribution in [-0.2, 0) is 5.41 Å². The Morgan fingerprint density at radius 1 is 1.38 bits per heavy atom. The van der Waals surface area contributed by atoms with E-state index in [1.165, 1.54) is 5.56 Å². The Morgan fingerprint density at radius 2 is 2.08 bits per heavy atom. The molecule has 2 rings (SSSR count). The van der Waals surface area contributed by atoms with Crippen LogP contribution in [0.3, 0.4) is 0 Å². The fraction of sp³-hybridized carbons (Fsp3) is 0.455. The Hall–Kier alpha value is -0.860. The highest BCUT2D eigenvalue weighted by atomic mass is 16.3. The van der Waals surface area contributed by atoms with Crippen molar-refractivity contribution in [2.45, 2.75) is 25.5 Å². The Bertz CT molecular complexity index is 320. The van der Waals surface area contributed by atoms with Gasteiger partial charge in [-0.05, 0) is 11.1 Å². The normalized spacial score (nSPS) is 25.3. The van der Waals surface area contributed by atoms with Gasteiger partial charge in [0.15, 0.2) is 0 Å². The first-order valence-electron chi connectivity index (χ1n) is 4.62. The Kier molecular flexibility index (Phi) is 1.90. The van der Waals surface area contributed by atoms with Crippen molar-refractivity contribution in [3.05, 3.63) is 35.4 Å². The van der Waals surface area contributed by atoms with Gasteiger partial charge in [-0.25, -0.2) is 0 Å². The molecule has 0 aliphatic carbocycles. The predicted molar refractivity (Wildman–Crippen MR) is 52.4 cm³/mol. The molecule has 2 nitrogen and oxygen atoms in total. The van der Waals surface area contributed by atoms with Gasteiger partial charge in [-0.3, -0.25) is 5.32 Å². The third-order valence-corrected chi connectivity index (χ3v) is 2.72. The van der Waals surface area contributed by atoms with Crippen molar-refractivity contribution in [3.8, 4) is 0 Å². The lowest BCUT2D eigenvalue weighted by Gasteiger charge is -2.35. The second kappa shape index (κ2) is 2.82. The first kappa shape index (κ1) is 8.73. The molecule has 1 aromatic carbocycles. The molecule has 70 valence electrons. The maximum atomic E-state index is 9.68. The van der Waals surface area contributed by atoms with E-state index in [0.29, 0.717) is 0 Å². The van der Waals surface area contributed by atoms with Crippen LogP contribution in [0.2, 0.25) is 0 Å². The highest BCUT2D eigenvalue weighted by Gasteiger charge is 2.30. The molecule has 13 heavy (non-hydrogen) atoms. The van der Waals surface area contributed by atoms with Gasteiger partial charge in [0.25, 0.3) is 0 Å². The number of fused-ring (bicyclic) bond motifs is 1. The van der Waals surface area contributed by atoms with Crippen molar-refractivity contribution in [3.63, 3.8) is 0 Å². The molecule has 1 aliphatic rings. The summed E-state index contributed by atoms with van der Waals surface area (Å²) in [4.78, 5) is 0. The quantitative estimate of drug-likeness (QED) is 0.630. The number of hydrogen-bond acceptors (Lipinski definition) is 2. The van der Waals surface area contributed by atoms with Crippen molar-refractivity contribution in [1.29, 1.82) is 0 Å². The lowest BCUT2D eigenvalue weighted by Crippen LogP contribution is -2.41. The maximum absolute atomic E-state index is 9.68. The highest BCUT2D eigenvalue weighted by molar-refractivity contribution is 5.37. The fourth-order valence-corrected chi connectivity index (χ4v) is 1.91. The van der Waals surface area contributed by atoms with Crippen LogP contribution >= 0.6 is 0 Å². The molecular formula is C11H15NO. The predicted octanol–water partition coefficient (Wildman–Crippen LogP) is 1.56. The largest absolute Gasteiger partial charge is 0.374 e. The van der Waals surface area contributed by atoms with Gasteiger partial charge in [-0.1, -0.05) is 38.1 Å². The zero-order chi connectivity index (χ0) is 9.47. The summed E-state index contributed by atoms with van der Waals surface area (Å²) in [6.45, 7) is 5.20. The van der Waals surface area contributed by atoms with Crippen LogP contribution in [-0.4, -0.2) is 11.7 Å². The molecule has 1 atom stereocenters. The van der Waals surface area contributed by atoms with Crippen LogP contribution in [0, 0.1) is 0 Å². The molecule has 2 heteroatoms. The van der Waals surface area contributed by atoms with E-state index < -0.39 is 6.23 Å². The molecule has 1 aliphatic heterocycles. The van der Waals surface area contributed by atoms with E-state index in [-0.39, 0.29) is 5.41 Å². The molecule has 2 N–H and O–H groups in total. The minimum Gasteiger partial charge on any atom is -0.374 e. The van der Waals surface area contributed by atoms with E-state index in [1.807, 2.05) is 18.2 Å². The second-order valence-corrected chi connectivity index (χ2v) is 4.25. The topological polar surface area (TPSA) is 32.3 Å². The number of benzene rings is 1. The summed E-state index contributed by atoms with van der Waals surface area (Å²) in [5, 5.41) is 12.8. The van der Waals surface area contributed by atoms with Crippen molar-refractivity contribution in [1.82, 2.24) is 5.32 Å². The standard InChI is InChI=1S/C11H15NO/c1-11(2)7-12-10(13)8-5-3-4-6-9(8)11/h3-6,10,12-13H,7H2,1-2H3. The van der Waals surface area contributed by atoms with Crippen molar-refractivity contribution < 1.29 is 5.11 Å². The Balaban J connectivity index is 2.55. The Morgan fingerprint density at radius 3 is 2.77 bits per heavy atom. The van der Waals surface area contributed by atoms with Gasteiger partial charge in [0, 0.05) is 12.0 Å². The molecule has 0 amide bonds. The number of aliphatic hydroxyl groups excluding tert-OH is 1. The van der Waals surface area contributed by atoms with Crippen molar-refractivity contribution in [2.75, 3.05) is 6.54 Å². The van der Waals surface area contributed by atoms with E-state index in [0.717, 1.165) is 12.1 Å². The number of aliphatic hydroxyl groups is 1. The zero-order valence-electron chi connectivity index (χ0n) is 8.04. The van der Waals surface area contributed by atoms with Gasteiger partial charge in [0.2, 0.25) is 0 Å². The molecule has 1 aromatic rings. The minimum absolute atomic E-state index is 0.121. The molecule has 1 unspecified atom stereocenters. The van der Waals surface area contributed by atoms with E-state index >= 15 is 0 Å². The van der Waals surface area contributed by atoms with Gasteiger partial charge in [0.05, 0.1) is 0 Å². The second-order valence-electron chi connectivity index (χ2n) is 4.25. The summed E-state index contributed by atoms with van der Waals surface area (Å²) < 4.78 is 0. The summed E-state index contributed by atoms with van der Waals surface area (Å²) in [6, 6.07) is 8.07. The van der Waals surface area contributed by atoms with E-state index in [2.05, 4.69) is 25.2 Å². The van der Waals surface area contributed by atoms with E-state index in [9.17, 15) is 5.11 Å². The van der Waals surface area contributed by atoms with Crippen LogP contribution in [0.1, 0.15) is 31.2 Å². The SMILES string of the molecule is CC1(C)CNC(O)c2ccccc21. The summed E-state index contributed by atoms with van der Waals surface area (Å²) in [5.41, 5.74) is 2.38. The average Bonchev–Trinajstić information content (AvgIpc) is 2.13. The summed E-state index contributed by atoms with van der Waals surface area (Å²) in [5.74, 6) is 0. The summed E-state index contributed by atoms with van der Waals surface area (Å²) in [6.07, 6.45) is -0.496. The summed E-state index contributed by atoms with van der Waals surface area (Å²) >= 11 is 0. The smallest absolute Gasteiger partial charge is 0.131 e. The molecule has 0 saturated heterocycles. The molecule has 0 fully saturated rings. The molecule has 0 radical (unpaired) electrons. The molecule has 0 saturated carbocycles. The zero-order valence-corrected chi connectivity index (χ0v) is 8.04. The van der Waals surface area contributed by atoms with E-state index in [4.69, 9.17) is 0 Å². The first-order chi connectivity index (χ1) is 6.11. The van der Waals surface area contributed by atoms with Crippen LogP contribution in [0.4, 0.5) is 0 Å². The third-order valence-electron chi connectivity index (χ3n) is 2.72. The Labute approximate surface area is 78.6 Å². The number of hydrogen-bond donors (Lipinski definition) is 2. The van der Waals surface area contributed by atoms with Crippen LogP contribution < -0.4 is 5.32 Å². The number of nitrogens with one attached hydrogen (secondary N) is 1. The lowest BCUT2D eigenvalue weighted by atomic mass is 9.79. The van der Waals surface area contributed by atoms with Crippen molar-refractivity contribution in [2.24, 2.45) is 0 Å². The van der Waals surface area contributed by atoms with Crippen LogP contribution in [0.5, 0.6) is 0 Å². The van der Waals surface area contributed by atoms with Crippen LogP contribution in [0.15, 0.2) is 24.3 Å². The number of rotatable bonds is 0. The molecule has 0 bridgehead atoms. The van der Waals surface area contributed by atoms with Gasteiger partial charge < -0.3 is 5.11 Å².